The van der Waals surface area contributed by atoms with Gasteiger partial charge in [-0.2, -0.15) is 13.2 Å². The molecule has 0 spiro atoms. The number of carbonyl (C=O) groups excluding carboxylic acids is 1. The second-order valence-electron chi connectivity index (χ2n) is 8.91. The lowest BCUT2D eigenvalue weighted by Crippen LogP contribution is -2.37. The fourth-order valence-electron chi connectivity index (χ4n) is 3.91. The van der Waals surface area contributed by atoms with Crippen LogP contribution in [0.1, 0.15) is 41.8 Å². The average molecular weight is 565 g/mol. The second-order valence-corrected chi connectivity index (χ2v) is 9.34. The smallest absolute Gasteiger partial charge is 0.416 e. The van der Waals surface area contributed by atoms with Crippen LogP contribution in [0, 0.1) is 0 Å². The largest absolute Gasteiger partial charge is 0.463 e. The molecule has 14 heteroatoms. The maximum Gasteiger partial charge on any atom is 0.416 e. The van der Waals surface area contributed by atoms with Gasteiger partial charge in [-0.15, -0.1) is 10.2 Å². The fourth-order valence-corrected chi connectivity index (χ4v) is 4.04. The number of methoxy groups -OCH3 is 1. The molecule has 10 nitrogen and oxygen atoms in total. The Bertz CT molecular complexity index is 1540. The van der Waals surface area contributed by atoms with E-state index in [2.05, 4.69) is 15.2 Å². The molecule has 0 saturated carbocycles. The highest BCUT2D eigenvalue weighted by Crippen LogP contribution is 2.25. The first kappa shape index (κ1) is 28.0. The maximum atomic E-state index is 13.2. The van der Waals surface area contributed by atoms with Crippen molar-refractivity contribution in [3.05, 3.63) is 81.3 Å². The molecule has 2 aromatic carbocycles. The molecular weight excluding hydrogens is 541 g/mol. The number of esters is 1. The number of benzene rings is 2. The number of alkyl halides is 3. The third-order valence-corrected chi connectivity index (χ3v) is 6.11. The Balaban J connectivity index is 1.81. The van der Waals surface area contributed by atoms with E-state index >= 15 is 0 Å². The van der Waals surface area contributed by atoms with E-state index in [1.807, 2.05) is 26.0 Å². The first-order valence-corrected chi connectivity index (χ1v) is 12.1. The topological polar surface area (TPSA) is 117 Å². The van der Waals surface area contributed by atoms with Crippen LogP contribution in [0.5, 0.6) is 0 Å². The molecule has 2 heterocycles. The fraction of sp³-hybridized carbons (Fsp3) is 0.320. The molecule has 206 valence electrons. The van der Waals surface area contributed by atoms with Gasteiger partial charge in [0.25, 0.3) is 0 Å². The molecule has 0 radical (unpaired) electrons. The molecule has 4 aromatic rings. The number of rotatable bonds is 8. The zero-order valence-electron chi connectivity index (χ0n) is 21.1. The molecule has 4 rings (SSSR count). The lowest BCUT2D eigenvalue weighted by Gasteiger charge is -2.15. The molecule has 0 aliphatic carbocycles. The molecule has 0 unspecified atom stereocenters. The van der Waals surface area contributed by atoms with Crippen LogP contribution in [0.25, 0.3) is 17.1 Å². The van der Waals surface area contributed by atoms with E-state index in [1.54, 1.807) is 12.1 Å². The van der Waals surface area contributed by atoms with Crippen LogP contribution in [0.15, 0.2) is 53.3 Å². The SMILES string of the molecule is COC(=O)c1nc(Cn2nc(-c3ccc(Cl)cc3)n(C[C@H](O)C(F)(F)F)c2=O)nn1-c1ccccc1C(C)C. The first-order valence-electron chi connectivity index (χ1n) is 11.7. The predicted molar refractivity (Wildman–Crippen MR) is 135 cm³/mol. The van der Waals surface area contributed by atoms with Gasteiger partial charge in [0.1, 0.15) is 6.54 Å². The van der Waals surface area contributed by atoms with Gasteiger partial charge in [-0.05, 0) is 41.8 Å². The van der Waals surface area contributed by atoms with Gasteiger partial charge >= 0.3 is 17.8 Å². The summed E-state index contributed by atoms with van der Waals surface area (Å²) in [5.41, 5.74) is 0.789. The van der Waals surface area contributed by atoms with Crippen LogP contribution in [0.3, 0.4) is 0 Å². The van der Waals surface area contributed by atoms with E-state index in [4.69, 9.17) is 16.3 Å². The van der Waals surface area contributed by atoms with Gasteiger partial charge < -0.3 is 9.84 Å². The normalized spacial score (nSPS) is 12.6. The van der Waals surface area contributed by atoms with Crippen molar-refractivity contribution in [2.24, 2.45) is 0 Å². The van der Waals surface area contributed by atoms with Crippen molar-refractivity contribution >= 4 is 17.6 Å². The van der Waals surface area contributed by atoms with E-state index in [0.29, 0.717) is 20.8 Å². The number of para-hydroxylation sites is 1. The van der Waals surface area contributed by atoms with Gasteiger partial charge in [0.15, 0.2) is 17.8 Å². The molecule has 0 bridgehead atoms. The molecule has 39 heavy (non-hydrogen) atoms. The van der Waals surface area contributed by atoms with Crippen LogP contribution >= 0.6 is 11.6 Å². The van der Waals surface area contributed by atoms with Crippen molar-refractivity contribution in [2.45, 2.75) is 45.1 Å². The number of halogens is 4. The van der Waals surface area contributed by atoms with Gasteiger partial charge in [0.05, 0.1) is 19.3 Å². The molecule has 2 aromatic heterocycles. The summed E-state index contributed by atoms with van der Waals surface area (Å²) in [5, 5.41) is 18.7. The number of hydrogen-bond donors (Lipinski definition) is 1. The second kappa shape index (κ2) is 11.0. The summed E-state index contributed by atoms with van der Waals surface area (Å²) in [4.78, 5) is 30.0. The Kier molecular flexibility index (Phi) is 7.93. The number of carbonyl (C=O) groups is 1. The number of ether oxygens (including phenoxy) is 1. The van der Waals surface area contributed by atoms with Crippen LogP contribution in [0.2, 0.25) is 5.02 Å². The average Bonchev–Trinajstić information content (AvgIpc) is 3.45. The monoisotopic (exact) mass is 564 g/mol. The van der Waals surface area contributed by atoms with Gasteiger partial charge in [0, 0.05) is 10.6 Å². The van der Waals surface area contributed by atoms with Crippen LogP contribution in [0.4, 0.5) is 13.2 Å². The van der Waals surface area contributed by atoms with Crippen LogP contribution in [-0.2, 0) is 17.8 Å². The summed E-state index contributed by atoms with van der Waals surface area (Å²) in [6, 6.07) is 13.2. The standard InChI is InChI=1S/C25H24ClF3N6O4/c1-14(2)17-6-4-5-7-18(17)35-22(23(37)39-3)30-20(31-35)13-34-24(38)33(12-19(36)25(27,28)29)21(32-34)15-8-10-16(26)11-9-15/h4-11,14,19,36H,12-13H2,1-3H3/t19-/m0/s1. The zero-order valence-corrected chi connectivity index (χ0v) is 21.8. The Morgan fingerprint density at radius 3 is 2.38 bits per heavy atom. The molecule has 0 aliphatic rings. The third-order valence-electron chi connectivity index (χ3n) is 5.86. The highest BCUT2D eigenvalue weighted by Gasteiger charge is 2.39. The van der Waals surface area contributed by atoms with E-state index < -0.39 is 30.5 Å². The quantitative estimate of drug-likeness (QED) is 0.323. The summed E-state index contributed by atoms with van der Waals surface area (Å²) in [6.07, 6.45) is -7.77. The van der Waals surface area contributed by atoms with Crippen LogP contribution < -0.4 is 5.69 Å². The number of hydrogen-bond acceptors (Lipinski definition) is 7. The molecule has 0 aliphatic heterocycles. The van der Waals surface area contributed by atoms with Crippen molar-refractivity contribution in [3.8, 4) is 17.1 Å². The predicted octanol–water partition coefficient (Wildman–Crippen LogP) is 3.83. The third kappa shape index (κ3) is 5.88. The Labute approximate surface area is 225 Å². The number of aliphatic hydroxyl groups excluding tert-OH is 1. The van der Waals surface area contributed by atoms with Gasteiger partial charge in [-0.25, -0.2) is 23.9 Å². The Morgan fingerprint density at radius 2 is 1.77 bits per heavy atom. The number of aliphatic hydroxyl groups is 1. The van der Waals surface area contributed by atoms with E-state index in [1.165, 1.54) is 36.1 Å². The summed E-state index contributed by atoms with van der Waals surface area (Å²) >= 11 is 5.92. The lowest BCUT2D eigenvalue weighted by atomic mass is 10.0. The van der Waals surface area contributed by atoms with Gasteiger partial charge in [0.2, 0.25) is 5.82 Å². The molecule has 1 N–H and O–H groups in total. The van der Waals surface area contributed by atoms with E-state index in [9.17, 15) is 27.9 Å². The molecule has 0 saturated heterocycles. The van der Waals surface area contributed by atoms with Crippen LogP contribution in [-0.4, -0.2) is 59.6 Å². The lowest BCUT2D eigenvalue weighted by molar-refractivity contribution is -0.207. The summed E-state index contributed by atoms with van der Waals surface area (Å²) in [5.74, 6) is -1.00. The summed E-state index contributed by atoms with van der Waals surface area (Å²) < 4.78 is 47.1. The minimum atomic E-state index is -4.96. The zero-order chi connectivity index (χ0) is 28.5. The number of aromatic nitrogens is 6. The van der Waals surface area contributed by atoms with Crippen molar-refractivity contribution in [1.82, 2.24) is 29.1 Å². The maximum absolute atomic E-state index is 13.2. The minimum Gasteiger partial charge on any atom is -0.463 e. The van der Waals surface area contributed by atoms with Crippen molar-refractivity contribution in [2.75, 3.05) is 7.11 Å². The number of nitrogens with zero attached hydrogens (tertiary/aromatic N) is 6. The van der Waals surface area contributed by atoms with E-state index in [-0.39, 0.29) is 29.9 Å². The highest BCUT2D eigenvalue weighted by molar-refractivity contribution is 6.30. The molecule has 0 amide bonds. The Morgan fingerprint density at radius 1 is 1.10 bits per heavy atom. The molecular formula is C25H24ClF3N6O4. The minimum absolute atomic E-state index is 0.0141. The molecule has 1 atom stereocenters. The highest BCUT2D eigenvalue weighted by atomic mass is 35.5. The summed E-state index contributed by atoms with van der Waals surface area (Å²) in [6.45, 7) is 2.47. The van der Waals surface area contributed by atoms with Crippen molar-refractivity contribution in [1.29, 1.82) is 0 Å². The molecule has 0 fully saturated rings. The van der Waals surface area contributed by atoms with Crippen molar-refractivity contribution < 1.29 is 27.8 Å². The first-order chi connectivity index (χ1) is 18.4. The Hall–Kier alpha value is -3.97. The van der Waals surface area contributed by atoms with Gasteiger partial charge in [-0.1, -0.05) is 43.6 Å². The summed E-state index contributed by atoms with van der Waals surface area (Å²) in [7, 11) is 1.19. The van der Waals surface area contributed by atoms with Crippen molar-refractivity contribution in [3.63, 3.8) is 0 Å². The van der Waals surface area contributed by atoms with Gasteiger partial charge in [-0.3, -0.25) is 4.57 Å². The van der Waals surface area contributed by atoms with E-state index in [0.717, 1.165) is 10.2 Å².